The third kappa shape index (κ3) is 4.33. The molecule has 0 saturated carbocycles. The van der Waals surface area contributed by atoms with Crippen LogP contribution in [0, 0.1) is 11.3 Å². The van der Waals surface area contributed by atoms with Crippen LogP contribution in [0.4, 0.5) is 0 Å². The summed E-state index contributed by atoms with van der Waals surface area (Å²) in [5.41, 5.74) is -0.0370. The van der Waals surface area contributed by atoms with E-state index in [0.717, 1.165) is 5.56 Å². The van der Waals surface area contributed by atoms with Crippen molar-refractivity contribution < 1.29 is 18.7 Å². The van der Waals surface area contributed by atoms with Gasteiger partial charge in [-0.05, 0) is 52.4 Å². The molecule has 1 aromatic carbocycles. The van der Waals surface area contributed by atoms with Crippen LogP contribution in [-0.4, -0.2) is 26.5 Å². The lowest BCUT2D eigenvalue weighted by Crippen LogP contribution is -2.61. The largest absolute Gasteiger partial charge is 0.426 e. The third-order valence-electron chi connectivity index (χ3n) is 4.41. The molecule has 1 aromatic rings. The van der Waals surface area contributed by atoms with Crippen LogP contribution in [0.1, 0.15) is 46.3 Å². The molecule has 4 nitrogen and oxygen atoms in total. The molecule has 0 spiro atoms. The van der Waals surface area contributed by atoms with Gasteiger partial charge in [-0.2, -0.15) is 0 Å². The van der Waals surface area contributed by atoms with E-state index in [1.165, 1.54) is 0 Å². The quantitative estimate of drug-likeness (QED) is 0.421. The second-order valence-corrected chi connectivity index (χ2v) is 13.6. The zero-order valence-electron chi connectivity index (χ0n) is 16.8. The average molecular weight is 365 g/mol. The van der Waals surface area contributed by atoms with Crippen molar-refractivity contribution in [3.8, 4) is 5.75 Å². The Bertz CT molecular complexity index is 627. The molecule has 0 amide bonds. The molecule has 0 bridgehead atoms. The minimum atomic E-state index is -1.77. The molecule has 1 aliphatic rings. The second-order valence-electron chi connectivity index (χ2n) is 9.19. The molecule has 5 heteroatoms. The van der Waals surface area contributed by atoms with Gasteiger partial charge in [0.25, 0.3) is 0 Å². The van der Waals surface area contributed by atoms with Gasteiger partial charge in [-0.15, -0.1) is 0 Å². The fraction of sp³-hybridized carbons (Fsp3) is 0.650. The van der Waals surface area contributed by atoms with E-state index in [2.05, 4.69) is 33.5 Å². The predicted molar refractivity (Wildman–Crippen MR) is 102 cm³/mol. The van der Waals surface area contributed by atoms with E-state index < -0.39 is 13.7 Å². The molecule has 2 atom stereocenters. The maximum atomic E-state index is 12.4. The Morgan fingerprint density at radius 2 is 1.84 bits per heavy atom. The molecule has 1 aliphatic heterocycles. The van der Waals surface area contributed by atoms with Crippen LogP contribution in [0.15, 0.2) is 24.3 Å². The van der Waals surface area contributed by atoms with E-state index in [4.69, 9.17) is 13.9 Å². The number of hydrogen-bond acceptors (Lipinski definition) is 4. The van der Waals surface area contributed by atoms with Gasteiger partial charge in [-0.3, -0.25) is 4.79 Å². The van der Waals surface area contributed by atoms with Gasteiger partial charge >= 0.3 is 5.97 Å². The first-order chi connectivity index (χ1) is 11.4. The van der Waals surface area contributed by atoms with Gasteiger partial charge in [0, 0.05) is 5.56 Å². The molecular weight excluding hydrogens is 332 g/mol. The summed E-state index contributed by atoms with van der Waals surface area (Å²) in [6, 6.07) is 7.63. The van der Waals surface area contributed by atoms with Crippen molar-refractivity contribution in [3.63, 3.8) is 0 Å². The Hall–Kier alpha value is -1.17. The van der Waals surface area contributed by atoms with Crippen molar-refractivity contribution in [2.45, 2.75) is 66.0 Å². The van der Waals surface area contributed by atoms with E-state index in [9.17, 15) is 4.79 Å². The van der Waals surface area contributed by atoms with Crippen LogP contribution in [0.25, 0.3) is 0 Å². The highest BCUT2D eigenvalue weighted by Gasteiger charge is 2.55. The monoisotopic (exact) mass is 364 g/mol. The molecule has 1 saturated heterocycles. The fourth-order valence-electron chi connectivity index (χ4n) is 2.97. The molecule has 1 fully saturated rings. The summed E-state index contributed by atoms with van der Waals surface area (Å²) in [4.78, 5) is 12.4. The van der Waals surface area contributed by atoms with Crippen molar-refractivity contribution >= 4 is 14.3 Å². The number of benzene rings is 1. The zero-order chi connectivity index (χ0) is 19.0. The van der Waals surface area contributed by atoms with Crippen LogP contribution in [-0.2, 0) is 14.0 Å². The van der Waals surface area contributed by atoms with Crippen molar-refractivity contribution in [1.29, 1.82) is 0 Å². The maximum absolute atomic E-state index is 12.4. The summed E-state index contributed by atoms with van der Waals surface area (Å²) >= 11 is 0. The smallest absolute Gasteiger partial charge is 0.316 e. The van der Waals surface area contributed by atoms with Crippen molar-refractivity contribution in [3.05, 3.63) is 29.8 Å². The average Bonchev–Trinajstić information content (AvgIpc) is 2.43. The normalized spacial score (nSPS) is 24.1. The maximum Gasteiger partial charge on any atom is 0.316 e. The van der Waals surface area contributed by atoms with E-state index in [0.29, 0.717) is 18.3 Å². The van der Waals surface area contributed by atoms with Gasteiger partial charge in [0.1, 0.15) is 17.5 Å². The Labute approximate surface area is 153 Å². The molecule has 0 N–H and O–H groups in total. The van der Waals surface area contributed by atoms with Gasteiger partial charge in [-0.1, -0.05) is 32.0 Å². The van der Waals surface area contributed by atoms with Gasteiger partial charge in [0.15, 0.2) is 8.32 Å². The first-order valence-corrected chi connectivity index (χ1v) is 12.4. The molecular formula is C20H32O4Si. The zero-order valence-corrected chi connectivity index (χ0v) is 17.8. The van der Waals surface area contributed by atoms with Crippen molar-refractivity contribution in [1.82, 2.24) is 0 Å². The molecule has 1 heterocycles. The van der Waals surface area contributed by atoms with Gasteiger partial charge < -0.3 is 13.9 Å². The predicted octanol–water partition coefficient (Wildman–Crippen LogP) is 4.96. The lowest BCUT2D eigenvalue weighted by Gasteiger charge is -2.54. The summed E-state index contributed by atoms with van der Waals surface area (Å²) in [6.45, 7) is 17.0. The Morgan fingerprint density at radius 3 is 2.28 bits per heavy atom. The highest BCUT2D eigenvalue weighted by molar-refractivity contribution is 6.69. The SMILES string of the molecule is CC(C)C1(O[Si](C)(C)C)COC1c1ccccc1OC(=O)C(C)(C)C. The van der Waals surface area contributed by atoms with E-state index >= 15 is 0 Å². The van der Waals surface area contributed by atoms with Gasteiger partial charge in [0.2, 0.25) is 0 Å². The molecule has 0 aliphatic carbocycles. The van der Waals surface area contributed by atoms with Crippen LogP contribution in [0.3, 0.4) is 0 Å². The molecule has 140 valence electrons. The summed E-state index contributed by atoms with van der Waals surface area (Å²) in [6.07, 6.45) is -0.219. The molecule has 25 heavy (non-hydrogen) atoms. The summed E-state index contributed by atoms with van der Waals surface area (Å²) < 4.78 is 18.3. The van der Waals surface area contributed by atoms with Gasteiger partial charge in [0.05, 0.1) is 12.0 Å². The highest BCUT2D eigenvalue weighted by Crippen LogP contribution is 2.50. The summed E-state index contributed by atoms with van der Waals surface area (Å²) in [7, 11) is -1.77. The molecule has 2 unspecified atom stereocenters. The number of carbonyl (C=O) groups is 1. The summed E-state index contributed by atoms with van der Waals surface area (Å²) in [5, 5.41) is 0. The first-order valence-electron chi connectivity index (χ1n) is 9.00. The van der Waals surface area contributed by atoms with Crippen molar-refractivity contribution in [2.75, 3.05) is 6.61 Å². The molecule has 0 aromatic heterocycles. The number of ether oxygens (including phenoxy) is 2. The van der Waals surface area contributed by atoms with Crippen LogP contribution in [0.2, 0.25) is 19.6 Å². The van der Waals surface area contributed by atoms with E-state index in [-0.39, 0.29) is 17.7 Å². The first kappa shape index (κ1) is 20.1. The van der Waals surface area contributed by atoms with E-state index in [1.54, 1.807) is 0 Å². The lowest BCUT2D eigenvalue weighted by molar-refractivity contribution is -0.251. The number of para-hydroxylation sites is 1. The van der Waals surface area contributed by atoms with Crippen LogP contribution < -0.4 is 4.74 Å². The number of esters is 1. The number of hydrogen-bond donors (Lipinski definition) is 0. The Balaban J connectivity index is 2.36. The Morgan fingerprint density at radius 1 is 1.24 bits per heavy atom. The lowest BCUT2D eigenvalue weighted by atomic mass is 9.78. The van der Waals surface area contributed by atoms with Crippen LogP contribution in [0.5, 0.6) is 5.75 Å². The van der Waals surface area contributed by atoms with Crippen molar-refractivity contribution in [2.24, 2.45) is 11.3 Å². The Kier molecular flexibility index (Phi) is 5.52. The molecule has 0 radical (unpaired) electrons. The highest BCUT2D eigenvalue weighted by atomic mass is 28.4. The minimum absolute atomic E-state index is 0.219. The van der Waals surface area contributed by atoms with Crippen LogP contribution >= 0.6 is 0 Å². The minimum Gasteiger partial charge on any atom is -0.426 e. The van der Waals surface area contributed by atoms with Gasteiger partial charge in [-0.25, -0.2) is 0 Å². The van der Waals surface area contributed by atoms with E-state index in [1.807, 2.05) is 45.0 Å². The summed E-state index contributed by atoms with van der Waals surface area (Å²) in [5.74, 6) is 0.612. The fourth-order valence-corrected chi connectivity index (χ4v) is 4.51. The number of carbonyl (C=O) groups excluding carboxylic acids is 1. The topological polar surface area (TPSA) is 44.8 Å². The third-order valence-corrected chi connectivity index (χ3v) is 5.40. The standard InChI is InChI=1S/C20H32O4Si/c1-14(2)20(24-25(6,7)8)13-22-17(20)15-11-9-10-12-16(15)23-18(21)19(3,4)5/h9-12,14,17H,13H2,1-8H3. The second kappa shape index (κ2) is 6.86. The number of rotatable bonds is 5. The molecule has 2 rings (SSSR count).